The third kappa shape index (κ3) is 3.01. The van der Waals surface area contributed by atoms with Crippen LogP contribution in [0.25, 0.3) is 0 Å². The fourth-order valence-corrected chi connectivity index (χ4v) is 5.35. The van der Waals surface area contributed by atoms with Crippen LogP contribution in [-0.2, 0) is 13.3 Å². The molecular formula is C14H24O3Si. The average Bonchev–Trinajstić information content (AvgIpc) is 2.35. The van der Waals surface area contributed by atoms with Gasteiger partial charge in [0.15, 0.2) is 0 Å². The van der Waals surface area contributed by atoms with Gasteiger partial charge < -0.3 is 13.3 Å². The molecule has 0 amide bonds. The van der Waals surface area contributed by atoms with Gasteiger partial charge in [-0.25, -0.2) is 0 Å². The molecule has 1 unspecified atom stereocenters. The van der Waals surface area contributed by atoms with Crippen molar-refractivity contribution < 1.29 is 13.3 Å². The van der Waals surface area contributed by atoms with Crippen molar-refractivity contribution in [2.45, 2.75) is 26.3 Å². The predicted molar refractivity (Wildman–Crippen MR) is 75.4 cm³/mol. The van der Waals surface area contributed by atoms with Gasteiger partial charge in [-0.15, -0.1) is 0 Å². The van der Waals surface area contributed by atoms with Crippen molar-refractivity contribution in [2.75, 3.05) is 21.3 Å². The van der Waals surface area contributed by atoms with Crippen molar-refractivity contribution in [3.8, 4) is 0 Å². The molecule has 0 aromatic heterocycles. The predicted octanol–water partition coefficient (Wildman–Crippen LogP) is 3.23. The second-order valence-electron chi connectivity index (χ2n) is 5.43. The molecule has 0 heterocycles. The Labute approximate surface area is 111 Å². The van der Waals surface area contributed by atoms with Gasteiger partial charge in [0, 0.05) is 21.3 Å². The second-order valence-corrected chi connectivity index (χ2v) is 8.43. The molecule has 1 aromatic rings. The summed E-state index contributed by atoms with van der Waals surface area (Å²) < 4.78 is 17.0. The zero-order valence-electron chi connectivity index (χ0n) is 12.2. The van der Waals surface area contributed by atoms with Crippen LogP contribution in [0.4, 0.5) is 0 Å². The molecule has 1 rings (SSSR count). The number of hydrogen-bond donors (Lipinski definition) is 0. The number of rotatable bonds is 5. The molecule has 0 saturated heterocycles. The average molecular weight is 268 g/mol. The minimum atomic E-state index is -2.72. The van der Waals surface area contributed by atoms with Gasteiger partial charge >= 0.3 is 8.80 Å². The third-order valence-electron chi connectivity index (χ3n) is 3.21. The molecule has 4 heteroatoms. The monoisotopic (exact) mass is 268 g/mol. The van der Waals surface area contributed by atoms with Crippen LogP contribution in [0.5, 0.6) is 0 Å². The van der Waals surface area contributed by atoms with Gasteiger partial charge in [-0.1, -0.05) is 51.1 Å². The van der Waals surface area contributed by atoms with Gasteiger partial charge in [-0.3, -0.25) is 0 Å². The lowest BCUT2D eigenvalue weighted by molar-refractivity contribution is 0.0931. The molecule has 18 heavy (non-hydrogen) atoms. The van der Waals surface area contributed by atoms with Gasteiger partial charge in [0.05, 0.1) is 5.54 Å². The van der Waals surface area contributed by atoms with E-state index in [9.17, 15) is 0 Å². The number of hydrogen-bond acceptors (Lipinski definition) is 3. The molecule has 0 radical (unpaired) electrons. The molecule has 0 bridgehead atoms. The quantitative estimate of drug-likeness (QED) is 0.767. The maximum absolute atomic E-state index is 5.67. The highest BCUT2D eigenvalue weighted by atomic mass is 28.4. The van der Waals surface area contributed by atoms with E-state index < -0.39 is 8.80 Å². The van der Waals surface area contributed by atoms with Crippen LogP contribution in [0, 0.1) is 5.41 Å². The summed E-state index contributed by atoms with van der Waals surface area (Å²) in [5.74, 6) is 0. The van der Waals surface area contributed by atoms with Crippen molar-refractivity contribution in [3.05, 3.63) is 35.9 Å². The highest BCUT2D eigenvalue weighted by Gasteiger charge is 2.53. The van der Waals surface area contributed by atoms with Crippen molar-refractivity contribution in [1.29, 1.82) is 0 Å². The normalized spacial score (nSPS) is 14.6. The second kappa shape index (κ2) is 5.97. The molecule has 102 valence electrons. The van der Waals surface area contributed by atoms with E-state index in [1.807, 2.05) is 18.2 Å². The van der Waals surface area contributed by atoms with E-state index >= 15 is 0 Å². The van der Waals surface area contributed by atoms with Crippen LogP contribution in [-0.4, -0.2) is 30.1 Å². The Morgan fingerprint density at radius 3 is 1.67 bits per heavy atom. The van der Waals surface area contributed by atoms with Crippen LogP contribution in [0.3, 0.4) is 0 Å². The largest absolute Gasteiger partial charge is 0.508 e. The van der Waals surface area contributed by atoms with Crippen molar-refractivity contribution in [1.82, 2.24) is 0 Å². The highest BCUT2D eigenvalue weighted by molar-refractivity contribution is 6.62. The first-order valence-electron chi connectivity index (χ1n) is 6.11. The summed E-state index contributed by atoms with van der Waals surface area (Å²) in [4.78, 5) is 0. The summed E-state index contributed by atoms with van der Waals surface area (Å²) in [5.41, 5.74) is 1.30. The lowest BCUT2D eigenvalue weighted by Crippen LogP contribution is -2.53. The molecule has 0 N–H and O–H groups in total. The van der Waals surface area contributed by atoms with Gasteiger partial charge in [-0.2, -0.15) is 0 Å². The van der Waals surface area contributed by atoms with Crippen LogP contribution in [0.1, 0.15) is 31.9 Å². The maximum atomic E-state index is 5.67. The Morgan fingerprint density at radius 2 is 1.33 bits per heavy atom. The van der Waals surface area contributed by atoms with Gasteiger partial charge in [0.2, 0.25) is 0 Å². The summed E-state index contributed by atoms with van der Waals surface area (Å²) in [5, 5.41) is 0. The van der Waals surface area contributed by atoms with Crippen LogP contribution >= 0.6 is 0 Å². The standard InChI is InChI=1S/C14H24O3Si/c1-14(2,3)13(12-10-8-7-9-11-12)18(15-4,16-5)17-6/h7-11,13H,1-6H3. The van der Waals surface area contributed by atoms with Crippen molar-refractivity contribution >= 4 is 8.80 Å². The summed E-state index contributed by atoms with van der Waals surface area (Å²) >= 11 is 0. The SMILES string of the molecule is CO[Si](OC)(OC)C(c1ccccc1)C(C)(C)C. The third-order valence-corrected chi connectivity index (χ3v) is 6.82. The number of benzene rings is 1. The maximum Gasteiger partial charge on any atom is 0.508 e. The van der Waals surface area contributed by atoms with Crippen LogP contribution in [0.2, 0.25) is 0 Å². The summed E-state index contributed by atoms with van der Waals surface area (Å²) in [6.07, 6.45) is 0. The lowest BCUT2D eigenvalue weighted by atomic mass is 9.87. The Morgan fingerprint density at radius 1 is 0.889 bits per heavy atom. The Hall–Kier alpha value is -0.683. The molecule has 3 nitrogen and oxygen atoms in total. The minimum Gasteiger partial charge on any atom is -0.376 e. The van der Waals surface area contributed by atoms with E-state index in [0.717, 1.165) is 0 Å². The van der Waals surface area contributed by atoms with E-state index in [1.54, 1.807) is 21.3 Å². The minimum absolute atomic E-state index is 0.00436. The molecule has 0 aliphatic heterocycles. The highest BCUT2D eigenvalue weighted by Crippen LogP contribution is 2.42. The first-order chi connectivity index (χ1) is 8.41. The topological polar surface area (TPSA) is 27.7 Å². The first kappa shape index (κ1) is 15.4. The van der Waals surface area contributed by atoms with Crippen LogP contribution in [0.15, 0.2) is 30.3 Å². The van der Waals surface area contributed by atoms with E-state index in [1.165, 1.54) is 5.56 Å². The van der Waals surface area contributed by atoms with Crippen LogP contribution < -0.4 is 0 Å². The van der Waals surface area contributed by atoms with E-state index in [2.05, 4.69) is 32.9 Å². The fraction of sp³-hybridized carbons (Fsp3) is 0.571. The Balaban J connectivity index is 3.30. The fourth-order valence-electron chi connectivity index (χ4n) is 2.48. The Kier molecular flexibility index (Phi) is 5.10. The molecule has 0 spiro atoms. The molecule has 0 fully saturated rings. The molecule has 0 aliphatic carbocycles. The smallest absolute Gasteiger partial charge is 0.376 e. The van der Waals surface area contributed by atoms with Gasteiger partial charge in [0.1, 0.15) is 0 Å². The van der Waals surface area contributed by atoms with E-state index in [4.69, 9.17) is 13.3 Å². The Bertz CT molecular complexity index is 347. The first-order valence-corrected chi connectivity index (χ1v) is 7.92. The molecule has 0 saturated carbocycles. The zero-order valence-corrected chi connectivity index (χ0v) is 13.2. The van der Waals surface area contributed by atoms with E-state index in [0.29, 0.717) is 0 Å². The summed E-state index contributed by atoms with van der Waals surface area (Å²) in [7, 11) is 2.28. The van der Waals surface area contributed by atoms with E-state index in [-0.39, 0.29) is 11.0 Å². The van der Waals surface area contributed by atoms with Gasteiger partial charge in [-0.05, 0) is 11.0 Å². The molecule has 1 atom stereocenters. The molecule has 1 aromatic carbocycles. The summed E-state index contributed by atoms with van der Waals surface area (Å²) in [6.45, 7) is 6.55. The summed E-state index contributed by atoms with van der Waals surface area (Å²) in [6, 6.07) is 10.3. The lowest BCUT2D eigenvalue weighted by Gasteiger charge is -2.40. The molecular weight excluding hydrogens is 244 g/mol. The van der Waals surface area contributed by atoms with Crippen molar-refractivity contribution in [3.63, 3.8) is 0 Å². The van der Waals surface area contributed by atoms with Crippen molar-refractivity contribution in [2.24, 2.45) is 5.41 Å². The molecule has 0 aliphatic rings. The zero-order chi connectivity index (χ0) is 13.8. The van der Waals surface area contributed by atoms with Gasteiger partial charge in [0.25, 0.3) is 0 Å².